The van der Waals surface area contributed by atoms with Crippen LogP contribution in [0.1, 0.15) is 61.6 Å². The van der Waals surface area contributed by atoms with Gasteiger partial charge in [0.25, 0.3) is 5.91 Å². The molecule has 2 saturated heterocycles. The second-order valence-electron chi connectivity index (χ2n) is 11.3. The molecule has 0 bridgehead atoms. The minimum absolute atomic E-state index is 0.00237. The molecular weight excluding hydrogens is 516 g/mol. The van der Waals surface area contributed by atoms with E-state index < -0.39 is 0 Å². The van der Waals surface area contributed by atoms with Gasteiger partial charge in [0.2, 0.25) is 0 Å². The maximum Gasteiger partial charge on any atom is 0.323 e. The Hall–Kier alpha value is -3.20. The monoisotopic (exact) mass is 562 g/mol. The molecule has 2 heterocycles. The molecule has 2 fully saturated rings. The van der Waals surface area contributed by atoms with Crippen LogP contribution in [-0.2, 0) is 9.53 Å². The molecular formula is C33H46N4O4. The van der Waals surface area contributed by atoms with Crippen LogP contribution in [0, 0.1) is 0 Å². The number of carbonyl (C=O) groups excluding carboxylic acids is 2. The van der Waals surface area contributed by atoms with Crippen LogP contribution in [0.25, 0.3) is 0 Å². The van der Waals surface area contributed by atoms with Crippen molar-refractivity contribution in [2.75, 3.05) is 52.4 Å². The number of amides is 1. The lowest BCUT2D eigenvalue weighted by atomic mass is 9.92. The van der Waals surface area contributed by atoms with E-state index in [0.717, 1.165) is 30.8 Å². The van der Waals surface area contributed by atoms with Crippen molar-refractivity contribution in [3.63, 3.8) is 0 Å². The van der Waals surface area contributed by atoms with Gasteiger partial charge in [-0.1, -0.05) is 37.3 Å². The molecule has 8 heteroatoms. The van der Waals surface area contributed by atoms with Crippen LogP contribution in [0.5, 0.6) is 5.75 Å². The number of phenols is 1. The van der Waals surface area contributed by atoms with E-state index in [9.17, 15) is 14.7 Å². The van der Waals surface area contributed by atoms with Crippen LogP contribution in [0.4, 0.5) is 0 Å². The molecule has 1 N–H and O–H groups in total. The van der Waals surface area contributed by atoms with Crippen molar-refractivity contribution in [1.82, 2.24) is 19.6 Å². The molecule has 0 radical (unpaired) electrons. The van der Waals surface area contributed by atoms with Crippen LogP contribution >= 0.6 is 0 Å². The summed E-state index contributed by atoms with van der Waals surface area (Å²) in [6, 6.07) is 15.6. The molecule has 2 aliphatic rings. The Bertz CT molecular complexity index is 1200. The van der Waals surface area contributed by atoms with Gasteiger partial charge in [-0.15, -0.1) is 6.58 Å². The topological polar surface area (TPSA) is 76.6 Å². The normalized spacial score (nSPS) is 22.2. The molecule has 4 atom stereocenters. The number of hydrogen-bond acceptors (Lipinski definition) is 7. The predicted molar refractivity (Wildman–Crippen MR) is 162 cm³/mol. The molecule has 222 valence electrons. The quantitative estimate of drug-likeness (QED) is 0.344. The fraction of sp³-hybridized carbons (Fsp3) is 0.515. The van der Waals surface area contributed by atoms with Crippen LogP contribution in [0.15, 0.2) is 61.2 Å². The lowest BCUT2D eigenvalue weighted by Gasteiger charge is -2.47. The number of aromatic hydroxyl groups is 1. The van der Waals surface area contributed by atoms with Gasteiger partial charge in [-0.2, -0.15) is 0 Å². The van der Waals surface area contributed by atoms with Gasteiger partial charge in [0.1, 0.15) is 11.8 Å². The van der Waals surface area contributed by atoms with E-state index >= 15 is 0 Å². The Kier molecular flexibility index (Phi) is 10.6. The van der Waals surface area contributed by atoms with E-state index in [1.165, 1.54) is 0 Å². The van der Waals surface area contributed by atoms with E-state index in [2.05, 4.69) is 47.3 Å². The first-order chi connectivity index (χ1) is 19.8. The van der Waals surface area contributed by atoms with E-state index in [4.69, 9.17) is 4.74 Å². The van der Waals surface area contributed by atoms with Crippen LogP contribution in [-0.4, -0.2) is 107 Å². The van der Waals surface area contributed by atoms with Gasteiger partial charge in [-0.3, -0.25) is 24.3 Å². The Morgan fingerprint density at radius 3 is 2.32 bits per heavy atom. The average Bonchev–Trinajstić information content (AvgIpc) is 2.96. The number of esters is 1. The number of rotatable bonds is 10. The first-order valence-corrected chi connectivity index (χ1v) is 15.0. The fourth-order valence-corrected chi connectivity index (χ4v) is 6.35. The summed E-state index contributed by atoms with van der Waals surface area (Å²) in [4.78, 5) is 35.0. The van der Waals surface area contributed by atoms with Gasteiger partial charge < -0.3 is 14.7 Å². The molecule has 0 saturated carbocycles. The Morgan fingerprint density at radius 1 is 1.00 bits per heavy atom. The van der Waals surface area contributed by atoms with Crippen LogP contribution in [0.2, 0.25) is 0 Å². The summed E-state index contributed by atoms with van der Waals surface area (Å²) in [7, 11) is 0. The molecule has 0 spiro atoms. The minimum atomic E-state index is -0.269. The van der Waals surface area contributed by atoms with Crippen molar-refractivity contribution in [1.29, 1.82) is 0 Å². The van der Waals surface area contributed by atoms with Crippen LogP contribution < -0.4 is 0 Å². The van der Waals surface area contributed by atoms with Crippen LogP contribution in [0.3, 0.4) is 0 Å². The number of benzene rings is 2. The predicted octanol–water partition coefficient (Wildman–Crippen LogP) is 4.16. The summed E-state index contributed by atoms with van der Waals surface area (Å²) in [6.45, 7) is 17.6. The molecule has 0 aromatic heterocycles. The van der Waals surface area contributed by atoms with Gasteiger partial charge >= 0.3 is 5.97 Å². The summed E-state index contributed by atoms with van der Waals surface area (Å²) in [6.07, 6.45) is 2.64. The first kappa shape index (κ1) is 30.8. The average molecular weight is 563 g/mol. The minimum Gasteiger partial charge on any atom is -0.508 e. The third-order valence-electron chi connectivity index (χ3n) is 8.48. The number of nitrogens with zero attached hydrogens (tertiary/aromatic N) is 4. The van der Waals surface area contributed by atoms with Crippen molar-refractivity contribution in [3.8, 4) is 5.75 Å². The summed E-state index contributed by atoms with van der Waals surface area (Å²) in [5.41, 5.74) is 2.69. The van der Waals surface area contributed by atoms with Gasteiger partial charge in [0.15, 0.2) is 0 Å². The zero-order valence-corrected chi connectivity index (χ0v) is 25.0. The SMILES string of the molecule is C=CCN1C[C@H](C)N([C@@H](c2cccc(O)c2)c2cccc(C(=O)N3CCN(C(CC)C(=O)OCC)CC3)c2)C[C@H]1C. The fourth-order valence-electron chi connectivity index (χ4n) is 6.35. The highest BCUT2D eigenvalue weighted by Crippen LogP contribution is 2.35. The highest BCUT2D eigenvalue weighted by molar-refractivity contribution is 5.94. The maximum atomic E-state index is 13.7. The van der Waals surface area contributed by atoms with Crippen molar-refractivity contribution in [3.05, 3.63) is 77.9 Å². The largest absolute Gasteiger partial charge is 0.508 e. The molecule has 1 amide bonds. The Labute approximate surface area is 245 Å². The van der Waals surface area contributed by atoms with Crippen molar-refractivity contribution in [2.45, 2.75) is 58.3 Å². The lowest BCUT2D eigenvalue weighted by molar-refractivity contribution is -0.150. The highest BCUT2D eigenvalue weighted by atomic mass is 16.5. The molecule has 2 aliphatic heterocycles. The third-order valence-corrected chi connectivity index (χ3v) is 8.48. The summed E-state index contributed by atoms with van der Waals surface area (Å²) in [5.74, 6) is 0.0497. The Balaban J connectivity index is 1.56. The molecule has 2 aromatic rings. The van der Waals surface area contributed by atoms with Gasteiger partial charge in [0, 0.05) is 63.5 Å². The van der Waals surface area contributed by atoms with E-state index in [1.807, 2.05) is 55.2 Å². The highest BCUT2D eigenvalue weighted by Gasteiger charge is 2.35. The van der Waals surface area contributed by atoms with Gasteiger partial charge in [-0.25, -0.2) is 0 Å². The lowest BCUT2D eigenvalue weighted by Crippen LogP contribution is -2.57. The van der Waals surface area contributed by atoms with Crippen molar-refractivity contribution < 1.29 is 19.4 Å². The van der Waals surface area contributed by atoms with Crippen molar-refractivity contribution in [2.24, 2.45) is 0 Å². The second kappa shape index (κ2) is 14.1. The maximum absolute atomic E-state index is 13.7. The van der Waals surface area contributed by atoms with E-state index in [1.54, 1.807) is 6.07 Å². The number of hydrogen-bond donors (Lipinski definition) is 1. The zero-order chi connectivity index (χ0) is 29.5. The summed E-state index contributed by atoms with van der Waals surface area (Å²) < 4.78 is 5.27. The molecule has 41 heavy (non-hydrogen) atoms. The second-order valence-corrected chi connectivity index (χ2v) is 11.3. The zero-order valence-electron chi connectivity index (χ0n) is 25.0. The van der Waals surface area contributed by atoms with E-state index in [0.29, 0.717) is 50.8 Å². The molecule has 8 nitrogen and oxygen atoms in total. The standard InChI is InChI=1S/C33H46N4O4/c1-6-15-36-22-25(5)37(23-24(36)4)31(27-12-10-14-29(38)21-27)26-11-9-13-28(20-26)32(39)35-18-16-34(17-19-35)30(7-2)33(40)41-8-3/h6,9-14,20-21,24-25,30-31,38H,1,7-8,15-19,22-23H2,2-5H3/t24-,25+,30?,31-/m1/s1. The number of piperazine rings is 2. The third kappa shape index (κ3) is 7.18. The smallest absolute Gasteiger partial charge is 0.323 e. The number of phenolic OH excluding ortho intramolecular Hbond substituents is 1. The van der Waals surface area contributed by atoms with Crippen molar-refractivity contribution >= 4 is 11.9 Å². The Morgan fingerprint density at radius 2 is 1.68 bits per heavy atom. The molecule has 0 aliphatic carbocycles. The van der Waals surface area contributed by atoms with Gasteiger partial charge in [-0.05, 0) is 62.6 Å². The molecule has 2 aromatic carbocycles. The first-order valence-electron chi connectivity index (χ1n) is 15.0. The van der Waals surface area contributed by atoms with E-state index in [-0.39, 0.29) is 35.8 Å². The van der Waals surface area contributed by atoms with Gasteiger partial charge in [0.05, 0.1) is 12.6 Å². The number of carbonyl (C=O) groups is 2. The molecule has 1 unspecified atom stereocenters. The summed E-state index contributed by atoms with van der Waals surface area (Å²) in [5, 5.41) is 10.4. The number of ether oxygens (including phenoxy) is 1. The summed E-state index contributed by atoms with van der Waals surface area (Å²) >= 11 is 0. The molecule has 4 rings (SSSR count).